The number of hydrazone groups is 1. The SMILES string of the molecule is CC/C(=N/NC(=O)CSCc1ccccc1)c1ccc(OC)c(OC)c1. The summed E-state index contributed by atoms with van der Waals surface area (Å²) < 4.78 is 10.6. The number of carbonyl (C=O) groups excluding carboxylic acids is 1. The summed E-state index contributed by atoms with van der Waals surface area (Å²) in [6, 6.07) is 15.7. The third-order valence-corrected chi connectivity index (χ3v) is 4.72. The van der Waals surface area contributed by atoms with E-state index in [4.69, 9.17) is 9.47 Å². The minimum Gasteiger partial charge on any atom is -0.493 e. The van der Waals surface area contributed by atoms with E-state index in [0.717, 1.165) is 17.0 Å². The Bertz CT molecular complexity index is 748. The van der Waals surface area contributed by atoms with Crippen LogP contribution in [0.2, 0.25) is 0 Å². The Morgan fingerprint density at radius 1 is 1.08 bits per heavy atom. The van der Waals surface area contributed by atoms with E-state index in [1.165, 1.54) is 5.56 Å². The molecular formula is C20H24N2O3S. The number of nitrogens with one attached hydrogen (secondary N) is 1. The highest BCUT2D eigenvalue weighted by Gasteiger charge is 2.09. The van der Waals surface area contributed by atoms with Crippen LogP contribution in [0.3, 0.4) is 0 Å². The molecule has 2 aromatic rings. The normalized spacial score (nSPS) is 11.1. The first-order valence-corrected chi connectivity index (χ1v) is 9.52. The molecule has 0 atom stereocenters. The largest absolute Gasteiger partial charge is 0.493 e. The molecule has 0 fully saturated rings. The fourth-order valence-corrected chi connectivity index (χ4v) is 3.14. The van der Waals surface area contributed by atoms with Gasteiger partial charge in [-0.2, -0.15) is 5.10 Å². The molecule has 138 valence electrons. The Morgan fingerprint density at radius 2 is 1.81 bits per heavy atom. The number of ether oxygens (including phenoxy) is 2. The molecule has 0 radical (unpaired) electrons. The van der Waals surface area contributed by atoms with Crippen LogP contribution in [-0.2, 0) is 10.5 Å². The summed E-state index contributed by atoms with van der Waals surface area (Å²) in [5.74, 6) is 2.34. The second-order valence-electron chi connectivity index (χ2n) is 5.50. The van der Waals surface area contributed by atoms with Crippen LogP contribution in [0.4, 0.5) is 0 Å². The first kappa shape index (κ1) is 19.8. The van der Waals surface area contributed by atoms with Crippen molar-refractivity contribution >= 4 is 23.4 Å². The van der Waals surface area contributed by atoms with Crippen molar-refractivity contribution in [2.75, 3.05) is 20.0 Å². The molecule has 0 bridgehead atoms. The number of nitrogens with zero attached hydrogens (tertiary/aromatic N) is 1. The molecule has 0 saturated heterocycles. The zero-order valence-electron chi connectivity index (χ0n) is 15.3. The molecule has 0 saturated carbocycles. The summed E-state index contributed by atoms with van der Waals surface area (Å²) in [5, 5.41) is 4.28. The Balaban J connectivity index is 1.92. The van der Waals surface area contributed by atoms with E-state index < -0.39 is 0 Å². The molecule has 0 aromatic heterocycles. The predicted octanol–water partition coefficient (Wildman–Crippen LogP) is 3.87. The maximum atomic E-state index is 12.0. The van der Waals surface area contributed by atoms with Crippen molar-refractivity contribution in [3.8, 4) is 11.5 Å². The highest BCUT2D eigenvalue weighted by molar-refractivity contribution is 7.99. The smallest absolute Gasteiger partial charge is 0.250 e. The van der Waals surface area contributed by atoms with Crippen LogP contribution in [0.25, 0.3) is 0 Å². The monoisotopic (exact) mass is 372 g/mol. The fraction of sp³-hybridized carbons (Fsp3) is 0.300. The second kappa shape index (κ2) is 10.5. The summed E-state index contributed by atoms with van der Waals surface area (Å²) in [4.78, 5) is 12.0. The molecule has 0 aliphatic heterocycles. The summed E-state index contributed by atoms with van der Waals surface area (Å²) in [6.45, 7) is 1.99. The molecule has 1 N–H and O–H groups in total. The van der Waals surface area contributed by atoms with Crippen molar-refractivity contribution in [1.82, 2.24) is 5.43 Å². The first-order chi connectivity index (χ1) is 12.7. The van der Waals surface area contributed by atoms with Gasteiger partial charge in [0.15, 0.2) is 11.5 Å². The van der Waals surface area contributed by atoms with Crippen LogP contribution < -0.4 is 14.9 Å². The number of carbonyl (C=O) groups is 1. The lowest BCUT2D eigenvalue weighted by Crippen LogP contribution is -2.21. The Morgan fingerprint density at radius 3 is 2.46 bits per heavy atom. The molecule has 2 aromatic carbocycles. The van der Waals surface area contributed by atoms with E-state index in [-0.39, 0.29) is 5.91 Å². The molecule has 0 aliphatic carbocycles. The number of benzene rings is 2. The molecule has 2 rings (SSSR count). The molecule has 26 heavy (non-hydrogen) atoms. The second-order valence-corrected chi connectivity index (χ2v) is 6.48. The van der Waals surface area contributed by atoms with Crippen LogP contribution in [0.15, 0.2) is 53.6 Å². The molecule has 0 aliphatic rings. The highest BCUT2D eigenvalue weighted by Crippen LogP contribution is 2.28. The average Bonchev–Trinajstić information content (AvgIpc) is 2.69. The lowest BCUT2D eigenvalue weighted by atomic mass is 10.1. The summed E-state index contributed by atoms with van der Waals surface area (Å²) in [7, 11) is 3.19. The standard InChI is InChI=1S/C20H24N2O3S/c1-4-17(16-10-11-18(24-2)19(12-16)25-3)21-22-20(23)14-26-13-15-8-6-5-7-9-15/h5-12H,4,13-14H2,1-3H3,(H,22,23)/b21-17-. The number of hydrogen-bond acceptors (Lipinski definition) is 5. The van der Waals surface area contributed by atoms with Gasteiger partial charge in [-0.3, -0.25) is 4.79 Å². The minimum absolute atomic E-state index is 0.114. The van der Waals surface area contributed by atoms with Crippen molar-refractivity contribution < 1.29 is 14.3 Å². The van der Waals surface area contributed by atoms with Gasteiger partial charge >= 0.3 is 0 Å². The molecule has 0 unspecified atom stereocenters. The zero-order chi connectivity index (χ0) is 18.8. The average molecular weight is 372 g/mol. The molecule has 1 amide bonds. The van der Waals surface area contributed by atoms with Crippen molar-refractivity contribution in [1.29, 1.82) is 0 Å². The van der Waals surface area contributed by atoms with Crippen molar-refractivity contribution in [3.05, 3.63) is 59.7 Å². The van der Waals surface area contributed by atoms with Gasteiger partial charge in [-0.25, -0.2) is 5.43 Å². The van der Waals surface area contributed by atoms with Crippen LogP contribution in [0.5, 0.6) is 11.5 Å². The van der Waals surface area contributed by atoms with Crippen LogP contribution >= 0.6 is 11.8 Å². The number of methoxy groups -OCH3 is 2. The molecule has 6 heteroatoms. The highest BCUT2D eigenvalue weighted by atomic mass is 32.2. The molecule has 0 heterocycles. The third kappa shape index (κ3) is 5.81. The van der Waals surface area contributed by atoms with Gasteiger partial charge in [0.1, 0.15) is 0 Å². The Labute approximate surface area is 158 Å². The van der Waals surface area contributed by atoms with Gasteiger partial charge in [0.25, 0.3) is 0 Å². The van der Waals surface area contributed by atoms with E-state index >= 15 is 0 Å². The quantitative estimate of drug-likeness (QED) is 0.536. The lowest BCUT2D eigenvalue weighted by Gasteiger charge is -2.10. The van der Waals surface area contributed by atoms with E-state index in [2.05, 4.69) is 22.7 Å². The number of rotatable bonds is 9. The Hall–Kier alpha value is -2.47. The van der Waals surface area contributed by atoms with Crippen molar-refractivity contribution in [2.24, 2.45) is 5.10 Å². The number of thioether (sulfide) groups is 1. The third-order valence-electron chi connectivity index (χ3n) is 3.71. The van der Waals surface area contributed by atoms with Crippen LogP contribution in [0, 0.1) is 0 Å². The summed E-state index contributed by atoms with van der Waals surface area (Å²) in [5.41, 5.74) is 5.52. The van der Waals surface area contributed by atoms with E-state index in [1.54, 1.807) is 26.0 Å². The van der Waals surface area contributed by atoms with Gasteiger partial charge in [0.2, 0.25) is 5.91 Å². The zero-order valence-corrected chi connectivity index (χ0v) is 16.1. The van der Waals surface area contributed by atoms with E-state index in [9.17, 15) is 4.79 Å². The van der Waals surface area contributed by atoms with Gasteiger partial charge in [0.05, 0.1) is 25.7 Å². The van der Waals surface area contributed by atoms with Gasteiger partial charge in [-0.1, -0.05) is 37.3 Å². The van der Waals surface area contributed by atoms with Gasteiger partial charge in [-0.15, -0.1) is 11.8 Å². The van der Waals surface area contributed by atoms with Gasteiger partial charge < -0.3 is 9.47 Å². The minimum atomic E-state index is -0.114. The topological polar surface area (TPSA) is 59.9 Å². The van der Waals surface area contributed by atoms with Crippen LogP contribution in [-0.4, -0.2) is 31.6 Å². The summed E-state index contributed by atoms with van der Waals surface area (Å²) in [6.07, 6.45) is 0.687. The fourth-order valence-electron chi connectivity index (χ4n) is 2.36. The molecule has 5 nitrogen and oxygen atoms in total. The van der Waals surface area contributed by atoms with E-state index in [1.807, 2.05) is 43.3 Å². The predicted molar refractivity (Wildman–Crippen MR) is 107 cm³/mol. The Kier molecular flexibility index (Phi) is 8.02. The number of amides is 1. The first-order valence-electron chi connectivity index (χ1n) is 8.37. The maximum absolute atomic E-state index is 12.0. The number of hydrogen-bond donors (Lipinski definition) is 1. The van der Waals surface area contributed by atoms with Gasteiger partial charge in [0, 0.05) is 11.3 Å². The molecule has 0 spiro atoms. The summed E-state index contributed by atoms with van der Waals surface area (Å²) >= 11 is 1.56. The van der Waals surface area contributed by atoms with Crippen LogP contribution in [0.1, 0.15) is 24.5 Å². The van der Waals surface area contributed by atoms with Crippen molar-refractivity contribution in [3.63, 3.8) is 0 Å². The van der Waals surface area contributed by atoms with Crippen molar-refractivity contribution in [2.45, 2.75) is 19.1 Å². The van der Waals surface area contributed by atoms with Gasteiger partial charge in [-0.05, 0) is 30.2 Å². The van der Waals surface area contributed by atoms with E-state index in [0.29, 0.717) is 23.7 Å². The maximum Gasteiger partial charge on any atom is 0.250 e. The molecular weight excluding hydrogens is 348 g/mol. The lowest BCUT2D eigenvalue weighted by molar-refractivity contribution is -0.118.